The van der Waals surface area contributed by atoms with E-state index in [1.165, 1.54) is 6.08 Å². The van der Waals surface area contributed by atoms with Crippen molar-refractivity contribution in [2.45, 2.75) is 20.4 Å². The van der Waals surface area contributed by atoms with Gasteiger partial charge in [0.15, 0.2) is 0 Å². The minimum absolute atomic E-state index is 0.215. The highest BCUT2D eigenvalue weighted by Gasteiger charge is 2.00. The van der Waals surface area contributed by atoms with Gasteiger partial charge in [0.2, 0.25) is 5.91 Å². The van der Waals surface area contributed by atoms with Crippen molar-refractivity contribution in [3.8, 4) is 0 Å². The third kappa shape index (κ3) is 2.97. The van der Waals surface area contributed by atoms with Crippen LogP contribution in [0.1, 0.15) is 17.2 Å². The fourth-order valence-electron chi connectivity index (χ4n) is 1.12. The molecule has 0 aliphatic carbocycles. The average Bonchev–Trinajstić information content (AvgIpc) is 2.12. The Bertz CT molecular complexity index is 340. The molecule has 0 spiro atoms. The largest absolute Gasteiger partial charge is 0.345 e. The standard InChI is InChI=1S/C10H13N3O/c1-4-10(14)11-6-9-12-7(2)5-8(3)13-9/h4-5H,1,6H2,2-3H3,(H,11,14). The number of hydrogen-bond donors (Lipinski definition) is 1. The fraction of sp³-hybridized carbons (Fsp3) is 0.300. The van der Waals surface area contributed by atoms with Crippen molar-refractivity contribution < 1.29 is 4.79 Å². The van der Waals surface area contributed by atoms with Crippen LogP contribution in [0.15, 0.2) is 18.7 Å². The van der Waals surface area contributed by atoms with Gasteiger partial charge in [0.25, 0.3) is 0 Å². The second-order valence-electron chi connectivity index (χ2n) is 2.99. The monoisotopic (exact) mass is 191 g/mol. The van der Waals surface area contributed by atoms with Crippen LogP contribution in [0.5, 0.6) is 0 Å². The topological polar surface area (TPSA) is 54.9 Å². The number of amides is 1. The van der Waals surface area contributed by atoms with Crippen molar-refractivity contribution in [1.29, 1.82) is 0 Å². The van der Waals surface area contributed by atoms with Gasteiger partial charge in [-0.15, -0.1) is 0 Å². The van der Waals surface area contributed by atoms with Crippen LogP contribution >= 0.6 is 0 Å². The maximum absolute atomic E-state index is 10.9. The van der Waals surface area contributed by atoms with Crippen LogP contribution in [0.3, 0.4) is 0 Å². The number of carbonyl (C=O) groups is 1. The van der Waals surface area contributed by atoms with Crippen LogP contribution in [-0.4, -0.2) is 15.9 Å². The molecule has 1 aromatic rings. The molecule has 74 valence electrons. The lowest BCUT2D eigenvalue weighted by atomic mass is 10.3. The maximum Gasteiger partial charge on any atom is 0.243 e. The molecule has 1 heterocycles. The summed E-state index contributed by atoms with van der Waals surface area (Å²) in [6.07, 6.45) is 1.22. The lowest BCUT2D eigenvalue weighted by Gasteiger charge is -2.03. The van der Waals surface area contributed by atoms with Gasteiger partial charge in [0.05, 0.1) is 6.54 Å². The van der Waals surface area contributed by atoms with Crippen LogP contribution in [0.4, 0.5) is 0 Å². The summed E-state index contributed by atoms with van der Waals surface area (Å²) in [5.41, 5.74) is 1.81. The quantitative estimate of drug-likeness (QED) is 0.722. The molecule has 4 heteroatoms. The van der Waals surface area contributed by atoms with E-state index in [1.54, 1.807) is 0 Å². The molecule has 4 nitrogen and oxygen atoms in total. The Labute approximate surface area is 83.1 Å². The van der Waals surface area contributed by atoms with Crippen molar-refractivity contribution in [2.75, 3.05) is 0 Å². The molecule has 0 aromatic carbocycles. The zero-order valence-corrected chi connectivity index (χ0v) is 8.37. The number of nitrogens with zero attached hydrogens (tertiary/aromatic N) is 2. The zero-order chi connectivity index (χ0) is 10.6. The zero-order valence-electron chi connectivity index (χ0n) is 8.37. The second kappa shape index (κ2) is 4.50. The number of nitrogens with one attached hydrogen (secondary N) is 1. The molecular weight excluding hydrogens is 178 g/mol. The van der Waals surface area contributed by atoms with Crippen LogP contribution in [-0.2, 0) is 11.3 Å². The van der Waals surface area contributed by atoms with Crippen molar-refractivity contribution in [3.05, 3.63) is 35.9 Å². The van der Waals surface area contributed by atoms with Gasteiger partial charge in [0, 0.05) is 11.4 Å². The van der Waals surface area contributed by atoms with Gasteiger partial charge in [-0.25, -0.2) is 9.97 Å². The highest BCUT2D eigenvalue weighted by Crippen LogP contribution is 1.98. The van der Waals surface area contributed by atoms with Crippen LogP contribution in [0.25, 0.3) is 0 Å². The first-order valence-corrected chi connectivity index (χ1v) is 4.33. The Morgan fingerprint density at radius 3 is 2.57 bits per heavy atom. The van der Waals surface area contributed by atoms with Gasteiger partial charge in [-0.2, -0.15) is 0 Å². The van der Waals surface area contributed by atoms with E-state index in [2.05, 4.69) is 21.9 Å². The molecule has 0 bridgehead atoms. The van der Waals surface area contributed by atoms with E-state index < -0.39 is 0 Å². The molecule has 0 aliphatic rings. The highest BCUT2D eigenvalue weighted by molar-refractivity contribution is 5.86. The highest BCUT2D eigenvalue weighted by atomic mass is 16.1. The number of aryl methyl sites for hydroxylation is 2. The summed E-state index contributed by atoms with van der Waals surface area (Å²) in [4.78, 5) is 19.2. The number of rotatable bonds is 3. The number of aromatic nitrogens is 2. The van der Waals surface area contributed by atoms with Gasteiger partial charge < -0.3 is 5.32 Å². The average molecular weight is 191 g/mol. The molecule has 1 aromatic heterocycles. The van der Waals surface area contributed by atoms with Crippen molar-refractivity contribution in [1.82, 2.24) is 15.3 Å². The predicted molar refractivity (Wildman–Crippen MR) is 53.5 cm³/mol. The number of carbonyl (C=O) groups excluding carboxylic acids is 1. The summed E-state index contributed by atoms with van der Waals surface area (Å²) < 4.78 is 0. The van der Waals surface area contributed by atoms with Crippen LogP contribution in [0, 0.1) is 13.8 Å². The van der Waals surface area contributed by atoms with Crippen LogP contribution < -0.4 is 5.32 Å². The Hall–Kier alpha value is -1.71. The molecule has 0 saturated carbocycles. The van der Waals surface area contributed by atoms with Gasteiger partial charge in [-0.05, 0) is 26.0 Å². The Morgan fingerprint density at radius 1 is 1.50 bits per heavy atom. The number of hydrogen-bond acceptors (Lipinski definition) is 3. The van der Waals surface area contributed by atoms with E-state index in [-0.39, 0.29) is 5.91 Å². The third-order valence-corrected chi connectivity index (χ3v) is 1.63. The molecule has 14 heavy (non-hydrogen) atoms. The molecule has 0 aliphatic heterocycles. The lowest BCUT2D eigenvalue weighted by molar-refractivity contribution is -0.116. The lowest BCUT2D eigenvalue weighted by Crippen LogP contribution is -2.21. The third-order valence-electron chi connectivity index (χ3n) is 1.63. The van der Waals surface area contributed by atoms with Gasteiger partial charge in [-0.1, -0.05) is 6.58 Å². The molecule has 0 radical (unpaired) electrons. The molecule has 0 unspecified atom stereocenters. The molecule has 1 amide bonds. The molecule has 0 fully saturated rings. The van der Waals surface area contributed by atoms with Gasteiger partial charge >= 0.3 is 0 Å². The first-order valence-electron chi connectivity index (χ1n) is 4.33. The second-order valence-corrected chi connectivity index (χ2v) is 2.99. The first-order chi connectivity index (χ1) is 6.61. The SMILES string of the molecule is C=CC(=O)NCc1nc(C)cc(C)n1. The molecule has 1 N–H and O–H groups in total. The Morgan fingerprint density at radius 2 is 2.07 bits per heavy atom. The van der Waals surface area contributed by atoms with E-state index in [4.69, 9.17) is 0 Å². The summed E-state index contributed by atoms with van der Waals surface area (Å²) in [6.45, 7) is 7.49. The van der Waals surface area contributed by atoms with E-state index in [0.29, 0.717) is 12.4 Å². The maximum atomic E-state index is 10.9. The summed E-state index contributed by atoms with van der Waals surface area (Å²) in [6, 6.07) is 1.89. The summed E-state index contributed by atoms with van der Waals surface area (Å²) >= 11 is 0. The molecular formula is C10H13N3O. The van der Waals surface area contributed by atoms with E-state index in [1.807, 2.05) is 19.9 Å². The van der Waals surface area contributed by atoms with Gasteiger partial charge in [-0.3, -0.25) is 4.79 Å². The minimum Gasteiger partial charge on any atom is -0.345 e. The smallest absolute Gasteiger partial charge is 0.243 e. The Kier molecular flexibility index (Phi) is 3.34. The van der Waals surface area contributed by atoms with Crippen molar-refractivity contribution in [3.63, 3.8) is 0 Å². The van der Waals surface area contributed by atoms with E-state index in [9.17, 15) is 4.79 Å². The molecule has 1 rings (SSSR count). The molecule has 0 saturated heterocycles. The normalized spacial score (nSPS) is 9.57. The molecule has 0 atom stereocenters. The fourth-order valence-corrected chi connectivity index (χ4v) is 1.12. The summed E-state index contributed by atoms with van der Waals surface area (Å²) in [7, 11) is 0. The van der Waals surface area contributed by atoms with Crippen molar-refractivity contribution in [2.24, 2.45) is 0 Å². The Balaban J connectivity index is 2.67. The first kappa shape index (κ1) is 10.4. The van der Waals surface area contributed by atoms with E-state index in [0.717, 1.165) is 11.4 Å². The summed E-state index contributed by atoms with van der Waals surface area (Å²) in [5, 5.41) is 2.62. The van der Waals surface area contributed by atoms with Crippen molar-refractivity contribution >= 4 is 5.91 Å². The van der Waals surface area contributed by atoms with Gasteiger partial charge in [0.1, 0.15) is 5.82 Å². The van der Waals surface area contributed by atoms with Crippen LogP contribution in [0.2, 0.25) is 0 Å². The minimum atomic E-state index is -0.215. The summed E-state index contributed by atoms with van der Waals surface area (Å²) in [5.74, 6) is 0.408. The predicted octanol–water partition coefficient (Wildman–Crippen LogP) is 0.896. The van der Waals surface area contributed by atoms with E-state index >= 15 is 0 Å².